The van der Waals surface area contributed by atoms with E-state index in [1.54, 1.807) is 30.6 Å². The van der Waals surface area contributed by atoms with Crippen LogP contribution in [0.5, 0.6) is 0 Å². The SMILES string of the molecule is Nc1cc(Cl)cc(C(=O)NCCCc2ncc[nH]2)c1. The second kappa shape index (κ2) is 6.24. The molecule has 0 unspecified atom stereocenters. The van der Waals surface area contributed by atoms with Crippen molar-refractivity contribution in [3.8, 4) is 0 Å². The molecule has 0 aliphatic carbocycles. The van der Waals surface area contributed by atoms with Crippen LogP contribution in [0.4, 0.5) is 5.69 Å². The van der Waals surface area contributed by atoms with Crippen LogP contribution in [0.3, 0.4) is 0 Å². The number of hydrogen-bond donors (Lipinski definition) is 3. The summed E-state index contributed by atoms with van der Waals surface area (Å²) < 4.78 is 0. The molecule has 5 nitrogen and oxygen atoms in total. The molecule has 0 fully saturated rings. The van der Waals surface area contributed by atoms with E-state index in [2.05, 4.69) is 15.3 Å². The highest BCUT2D eigenvalue weighted by Gasteiger charge is 2.06. The van der Waals surface area contributed by atoms with Crippen LogP contribution in [-0.4, -0.2) is 22.4 Å². The molecule has 4 N–H and O–H groups in total. The number of H-pyrrole nitrogens is 1. The van der Waals surface area contributed by atoms with Gasteiger partial charge in [-0.25, -0.2) is 4.98 Å². The van der Waals surface area contributed by atoms with Crippen molar-refractivity contribution in [2.45, 2.75) is 12.8 Å². The molecule has 1 aromatic heterocycles. The number of carbonyl (C=O) groups excluding carboxylic acids is 1. The summed E-state index contributed by atoms with van der Waals surface area (Å²) in [6, 6.07) is 4.81. The molecule has 0 aliphatic rings. The lowest BCUT2D eigenvalue weighted by atomic mass is 10.2. The molecular weight excluding hydrogens is 264 g/mol. The molecule has 0 atom stereocenters. The zero-order valence-corrected chi connectivity index (χ0v) is 11.1. The first-order valence-corrected chi connectivity index (χ1v) is 6.35. The second-order valence-electron chi connectivity index (χ2n) is 4.17. The van der Waals surface area contributed by atoms with Gasteiger partial charge in [0.05, 0.1) is 0 Å². The third kappa shape index (κ3) is 3.99. The maximum atomic E-state index is 11.9. The lowest BCUT2D eigenvalue weighted by Crippen LogP contribution is -2.25. The Bertz CT molecular complexity index is 534. The number of nitrogens with one attached hydrogen (secondary N) is 2. The molecule has 1 heterocycles. The van der Waals surface area contributed by atoms with Crippen LogP contribution in [0.2, 0.25) is 5.02 Å². The standard InChI is InChI=1S/C13H15ClN4O/c14-10-6-9(7-11(15)8-10)13(19)18-3-1-2-12-16-4-5-17-12/h4-8H,1-3,15H2,(H,16,17)(H,18,19). The predicted molar refractivity (Wildman–Crippen MR) is 75.1 cm³/mol. The smallest absolute Gasteiger partial charge is 0.251 e. The number of rotatable bonds is 5. The van der Waals surface area contributed by atoms with Gasteiger partial charge in [0.15, 0.2) is 0 Å². The summed E-state index contributed by atoms with van der Waals surface area (Å²) in [4.78, 5) is 19.0. The summed E-state index contributed by atoms with van der Waals surface area (Å²) in [7, 11) is 0. The van der Waals surface area contributed by atoms with E-state index in [9.17, 15) is 4.79 Å². The van der Waals surface area contributed by atoms with Crippen molar-refractivity contribution in [3.05, 3.63) is 47.0 Å². The van der Waals surface area contributed by atoms with Gasteiger partial charge in [-0.15, -0.1) is 0 Å². The Labute approximate surface area is 116 Å². The average Bonchev–Trinajstić information content (AvgIpc) is 2.86. The number of anilines is 1. The largest absolute Gasteiger partial charge is 0.399 e. The minimum absolute atomic E-state index is 0.173. The summed E-state index contributed by atoms with van der Waals surface area (Å²) >= 11 is 5.85. The number of carbonyl (C=O) groups is 1. The number of nitrogen functional groups attached to an aromatic ring is 1. The van der Waals surface area contributed by atoms with Gasteiger partial charge in [-0.05, 0) is 24.6 Å². The van der Waals surface area contributed by atoms with Gasteiger partial charge in [-0.1, -0.05) is 11.6 Å². The van der Waals surface area contributed by atoms with Gasteiger partial charge in [0.2, 0.25) is 0 Å². The molecule has 100 valence electrons. The molecule has 0 aliphatic heterocycles. The number of nitrogens with two attached hydrogens (primary N) is 1. The molecule has 2 aromatic rings. The number of amides is 1. The van der Waals surface area contributed by atoms with Gasteiger partial charge >= 0.3 is 0 Å². The van der Waals surface area contributed by atoms with Crippen molar-refractivity contribution < 1.29 is 4.79 Å². The fourth-order valence-electron chi connectivity index (χ4n) is 1.74. The number of aromatic nitrogens is 2. The topological polar surface area (TPSA) is 83.8 Å². The third-order valence-electron chi connectivity index (χ3n) is 2.61. The molecular formula is C13H15ClN4O. The van der Waals surface area contributed by atoms with E-state index >= 15 is 0 Å². The molecule has 2 rings (SSSR count). The van der Waals surface area contributed by atoms with Gasteiger partial charge in [0.25, 0.3) is 5.91 Å². The number of halogens is 1. The van der Waals surface area contributed by atoms with E-state index in [0.717, 1.165) is 18.7 Å². The first kappa shape index (κ1) is 13.4. The minimum Gasteiger partial charge on any atom is -0.399 e. The van der Waals surface area contributed by atoms with Crippen molar-refractivity contribution in [2.75, 3.05) is 12.3 Å². The lowest BCUT2D eigenvalue weighted by Gasteiger charge is -2.06. The fraction of sp³-hybridized carbons (Fsp3) is 0.231. The average molecular weight is 279 g/mol. The van der Waals surface area contributed by atoms with Crippen LogP contribution in [0.15, 0.2) is 30.6 Å². The third-order valence-corrected chi connectivity index (χ3v) is 2.83. The maximum absolute atomic E-state index is 11.9. The van der Waals surface area contributed by atoms with Crippen LogP contribution in [0.1, 0.15) is 22.6 Å². The maximum Gasteiger partial charge on any atom is 0.251 e. The van der Waals surface area contributed by atoms with Crippen molar-refractivity contribution in [1.82, 2.24) is 15.3 Å². The summed E-state index contributed by atoms with van der Waals surface area (Å²) in [5.74, 6) is 0.745. The van der Waals surface area contributed by atoms with Gasteiger partial charge in [0.1, 0.15) is 5.82 Å². The Morgan fingerprint density at radius 2 is 2.26 bits per heavy atom. The highest BCUT2D eigenvalue weighted by Crippen LogP contribution is 2.16. The minimum atomic E-state index is -0.173. The number of nitrogens with zero attached hydrogens (tertiary/aromatic N) is 1. The van der Waals surface area contributed by atoms with Crippen LogP contribution in [-0.2, 0) is 6.42 Å². The Kier molecular flexibility index (Phi) is 4.41. The molecule has 0 radical (unpaired) electrons. The molecule has 0 saturated heterocycles. The van der Waals surface area contributed by atoms with Crippen LogP contribution >= 0.6 is 11.6 Å². The van der Waals surface area contributed by atoms with Crippen molar-refractivity contribution >= 4 is 23.2 Å². The Hall–Kier alpha value is -2.01. The normalized spacial score (nSPS) is 10.4. The first-order valence-electron chi connectivity index (χ1n) is 5.97. The molecule has 0 spiro atoms. The number of aryl methyl sites for hydroxylation is 1. The van der Waals surface area contributed by atoms with E-state index in [0.29, 0.717) is 22.8 Å². The fourth-order valence-corrected chi connectivity index (χ4v) is 1.98. The summed E-state index contributed by atoms with van der Waals surface area (Å²) in [5, 5.41) is 3.28. The number of benzene rings is 1. The van der Waals surface area contributed by atoms with E-state index in [-0.39, 0.29) is 5.91 Å². The quantitative estimate of drug-likeness (QED) is 0.578. The molecule has 19 heavy (non-hydrogen) atoms. The first-order chi connectivity index (χ1) is 9.15. The Balaban J connectivity index is 1.80. The highest BCUT2D eigenvalue weighted by molar-refractivity contribution is 6.31. The van der Waals surface area contributed by atoms with Crippen molar-refractivity contribution in [2.24, 2.45) is 0 Å². The zero-order valence-electron chi connectivity index (χ0n) is 10.3. The summed E-state index contributed by atoms with van der Waals surface area (Å²) in [6.07, 6.45) is 5.10. The zero-order chi connectivity index (χ0) is 13.7. The second-order valence-corrected chi connectivity index (χ2v) is 4.60. The lowest BCUT2D eigenvalue weighted by molar-refractivity contribution is 0.0953. The highest BCUT2D eigenvalue weighted by atomic mass is 35.5. The van der Waals surface area contributed by atoms with Gasteiger partial charge < -0.3 is 16.0 Å². The van der Waals surface area contributed by atoms with E-state index in [4.69, 9.17) is 17.3 Å². The van der Waals surface area contributed by atoms with Gasteiger partial charge in [-0.3, -0.25) is 4.79 Å². The van der Waals surface area contributed by atoms with E-state index < -0.39 is 0 Å². The van der Waals surface area contributed by atoms with Gasteiger partial charge in [-0.2, -0.15) is 0 Å². The molecule has 1 aromatic carbocycles. The number of hydrogen-bond acceptors (Lipinski definition) is 3. The monoisotopic (exact) mass is 278 g/mol. The van der Waals surface area contributed by atoms with Crippen LogP contribution in [0.25, 0.3) is 0 Å². The summed E-state index contributed by atoms with van der Waals surface area (Å²) in [6.45, 7) is 0.575. The van der Waals surface area contributed by atoms with Gasteiger partial charge in [0, 0.05) is 41.6 Å². The van der Waals surface area contributed by atoms with Crippen molar-refractivity contribution in [1.29, 1.82) is 0 Å². The van der Waals surface area contributed by atoms with Crippen molar-refractivity contribution in [3.63, 3.8) is 0 Å². The molecule has 0 bridgehead atoms. The molecule has 0 saturated carbocycles. The predicted octanol–water partition coefficient (Wildman–Crippen LogP) is 2.01. The Morgan fingerprint density at radius 1 is 1.42 bits per heavy atom. The Morgan fingerprint density at radius 3 is 2.95 bits per heavy atom. The van der Waals surface area contributed by atoms with E-state index in [1.807, 2.05) is 0 Å². The summed E-state index contributed by atoms with van der Waals surface area (Å²) in [5.41, 5.74) is 6.59. The van der Waals surface area contributed by atoms with E-state index in [1.165, 1.54) is 0 Å². The molecule has 1 amide bonds. The number of imidazole rings is 1. The number of aromatic amines is 1. The van der Waals surface area contributed by atoms with Crippen LogP contribution in [0, 0.1) is 0 Å². The molecule has 6 heteroatoms. The van der Waals surface area contributed by atoms with Crippen LogP contribution < -0.4 is 11.1 Å².